The van der Waals surface area contributed by atoms with Gasteiger partial charge in [-0.05, 0) is 49.8 Å². The molecular formula is C21H25NO6. The average molecular weight is 387 g/mol. The van der Waals surface area contributed by atoms with E-state index >= 15 is 0 Å². The van der Waals surface area contributed by atoms with Crippen molar-refractivity contribution < 1.29 is 28.8 Å². The van der Waals surface area contributed by atoms with Gasteiger partial charge in [-0.1, -0.05) is 6.07 Å². The Morgan fingerprint density at radius 1 is 1.00 bits per heavy atom. The Balaban J connectivity index is 2.57. The second kappa shape index (κ2) is 9.55. The number of aliphatic carboxylic acids is 1. The summed E-state index contributed by atoms with van der Waals surface area (Å²) in [7, 11) is 3.02. The zero-order valence-corrected chi connectivity index (χ0v) is 16.4. The summed E-state index contributed by atoms with van der Waals surface area (Å²) >= 11 is 0. The topological polar surface area (TPSA) is 100 Å². The van der Waals surface area contributed by atoms with Crippen molar-refractivity contribution in [3.8, 4) is 23.0 Å². The maximum absolute atomic E-state index is 11.9. The predicted octanol–water partition coefficient (Wildman–Crippen LogP) is 3.71. The minimum atomic E-state index is -1.10. The Morgan fingerprint density at radius 3 is 2.21 bits per heavy atom. The monoisotopic (exact) mass is 387 g/mol. The number of carboxylic acid groups (broad SMARTS) is 1. The Hall–Kier alpha value is -3.35. The lowest BCUT2D eigenvalue weighted by Gasteiger charge is -2.15. The van der Waals surface area contributed by atoms with E-state index in [0.29, 0.717) is 53.0 Å². The molecule has 0 aliphatic heterocycles. The van der Waals surface area contributed by atoms with Gasteiger partial charge in [-0.25, -0.2) is 4.79 Å². The fraction of sp³-hybridized carbons (Fsp3) is 0.286. The van der Waals surface area contributed by atoms with Crippen molar-refractivity contribution in [2.75, 3.05) is 33.2 Å². The minimum absolute atomic E-state index is 0.0562. The van der Waals surface area contributed by atoms with Crippen LogP contribution in [-0.2, 0) is 4.79 Å². The second-order valence-electron chi connectivity index (χ2n) is 5.69. The molecule has 28 heavy (non-hydrogen) atoms. The van der Waals surface area contributed by atoms with Gasteiger partial charge in [-0.2, -0.15) is 0 Å². The van der Waals surface area contributed by atoms with E-state index in [4.69, 9.17) is 24.7 Å². The van der Waals surface area contributed by atoms with E-state index in [1.807, 2.05) is 13.8 Å². The van der Waals surface area contributed by atoms with E-state index in [2.05, 4.69) is 0 Å². The van der Waals surface area contributed by atoms with Gasteiger partial charge in [0, 0.05) is 5.56 Å². The van der Waals surface area contributed by atoms with Gasteiger partial charge in [0.25, 0.3) is 0 Å². The Kier molecular flexibility index (Phi) is 7.14. The molecule has 7 heteroatoms. The molecule has 0 bridgehead atoms. The number of hydrogen-bond acceptors (Lipinski definition) is 6. The third-order valence-corrected chi connectivity index (χ3v) is 4.01. The van der Waals surface area contributed by atoms with Gasteiger partial charge in [-0.3, -0.25) is 0 Å². The summed E-state index contributed by atoms with van der Waals surface area (Å²) in [6, 6.07) is 8.33. The highest BCUT2D eigenvalue weighted by atomic mass is 16.5. The SMILES string of the molecule is CCOc1ccc(/C(=C\c2ccc(OC)c(OCC)c2N)C(=O)O)cc1OC. The molecule has 0 fully saturated rings. The molecule has 2 aromatic carbocycles. The highest BCUT2D eigenvalue weighted by Crippen LogP contribution is 2.38. The summed E-state index contributed by atoms with van der Waals surface area (Å²) in [6.07, 6.45) is 1.49. The number of ether oxygens (including phenoxy) is 4. The van der Waals surface area contributed by atoms with Gasteiger partial charge in [-0.15, -0.1) is 0 Å². The van der Waals surface area contributed by atoms with Crippen LogP contribution in [-0.4, -0.2) is 38.5 Å². The summed E-state index contributed by atoms with van der Waals surface area (Å²) < 4.78 is 21.6. The quantitative estimate of drug-likeness (QED) is 0.384. The van der Waals surface area contributed by atoms with Crippen LogP contribution in [0.15, 0.2) is 30.3 Å². The Bertz CT molecular complexity index is 875. The lowest BCUT2D eigenvalue weighted by Crippen LogP contribution is -2.04. The van der Waals surface area contributed by atoms with Crippen molar-refractivity contribution in [3.63, 3.8) is 0 Å². The lowest BCUT2D eigenvalue weighted by atomic mass is 10.0. The number of anilines is 1. The molecule has 0 saturated carbocycles. The lowest BCUT2D eigenvalue weighted by molar-refractivity contribution is -0.130. The normalized spacial score (nSPS) is 11.1. The molecule has 0 unspecified atom stereocenters. The molecule has 0 atom stereocenters. The summed E-state index contributed by atoms with van der Waals surface area (Å²) in [6.45, 7) is 4.56. The smallest absolute Gasteiger partial charge is 0.336 e. The third-order valence-electron chi connectivity index (χ3n) is 4.01. The van der Waals surface area contributed by atoms with E-state index in [-0.39, 0.29) is 5.57 Å². The Morgan fingerprint density at radius 2 is 1.64 bits per heavy atom. The van der Waals surface area contributed by atoms with E-state index in [9.17, 15) is 9.90 Å². The first kappa shape index (κ1) is 21.0. The molecule has 0 amide bonds. The zero-order chi connectivity index (χ0) is 20.7. The largest absolute Gasteiger partial charge is 0.493 e. The maximum Gasteiger partial charge on any atom is 0.336 e. The molecule has 0 aromatic heterocycles. The summed E-state index contributed by atoms with van der Waals surface area (Å²) in [4.78, 5) is 11.9. The van der Waals surface area contributed by atoms with Crippen LogP contribution in [0, 0.1) is 0 Å². The summed E-state index contributed by atoms with van der Waals surface area (Å²) in [5.41, 5.74) is 7.53. The fourth-order valence-electron chi connectivity index (χ4n) is 2.71. The van der Waals surface area contributed by atoms with Crippen LogP contribution in [0.5, 0.6) is 23.0 Å². The van der Waals surface area contributed by atoms with Crippen molar-refractivity contribution in [1.29, 1.82) is 0 Å². The van der Waals surface area contributed by atoms with Gasteiger partial charge >= 0.3 is 5.97 Å². The number of nitrogens with two attached hydrogens (primary N) is 1. The molecule has 0 radical (unpaired) electrons. The van der Waals surface area contributed by atoms with Gasteiger partial charge in [0.15, 0.2) is 23.0 Å². The summed E-state index contributed by atoms with van der Waals surface area (Å²) in [5, 5.41) is 9.75. The van der Waals surface area contributed by atoms with E-state index in [0.717, 1.165) is 0 Å². The first-order chi connectivity index (χ1) is 13.5. The van der Waals surface area contributed by atoms with Gasteiger partial charge in [0.1, 0.15) is 0 Å². The molecule has 0 aliphatic carbocycles. The molecule has 7 nitrogen and oxygen atoms in total. The second-order valence-corrected chi connectivity index (χ2v) is 5.69. The molecule has 0 aliphatic rings. The van der Waals surface area contributed by atoms with Crippen molar-refractivity contribution in [2.24, 2.45) is 0 Å². The highest BCUT2D eigenvalue weighted by molar-refractivity contribution is 6.21. The van der Waals surface area contributed by atoms with E-state index in [1.165, 1.54) is 20.3 Å². The number of methoxy groups -OCH3 is 2. The standard InChI is InChI=1S/C21H25NO6/c1-5-27-16-9-7-13(12-18(16)26-4)15(21(23)24)11-14-8-10-17(25-3)20(19(14)22)28-6-2/h7-12H,5-6,22H2,1-4H3,(H,23,24)/b15-11+. The maximum atomic E-state index is 11.9. The van der Waals surface area contributed by atoms with Crippen molar-refractivity contribution in [1.82, 2.24) is 0 Å². The van der Waals surface area contributed by atoms with Crippen LogP contribution in [0.3, 0.4) is 0 Å². The predicted molar refractivity (Wildman–Crippen MR) is 108 cm³/mol. The third kappa shape index (κ3) is 4.49. The first-order valence-electron chi connectivity index (χ1n) is 8.82. The first-order valence-corrected chi connectivity index (χ1v) is 8.82. The Labute approximate surface area is 164 Å². The number of benzene rings is 2. The number of nitrogen functional groups attached to an aromatic ring is 1. The number of carbonyl (C=O) groups is 1. The molecule has 0 saturated heterocycles. The zero-order valence-electron chi connectivity index (χ0n) is 16.4. The number of carboxylic acids is 1. The van der Waals surface area contributed by atoms with Crippen LogP contribution in [0.2, 0.25) is 0 Å². The average Bonchev–Trinajstić information content (AvgIpc) is 2.69. The molecule has 0 spiro atoms. The molecular weight excluding hydrogens is 362 g/mol. The van der Waals surface area contributed by atoms with Gasteiger partial charge in [0.05, 0.1) is 38.7 Å². The molecule has 0 heterocycles. The van der Waals surface area contributed by atoms with Crippen LogP contribution < -0.4 is 24.7 Å². The molecule has 3 N–H and O–H groups in total. The van der Waals surface area contributed by atoms with Crippen LogP contribution in [0.4, 0.5) is 5.69 Å². The summed E-state index contributed by atoms with van der Waals surface area (Å²) in [5.74, 6) is 0.758. The molecule has 2 rings (SSSR count). The van der Waals surface area contributed by atoms with Crippen LogP contribution in [0.1, 0.15) is 25.0 Å². The molecule has 2 aromatic rings. The van der Waals surface area contributed by atoms with Crippen LogP contribution >= 0.6 is 0 Å². The van der Waals surface area contributed by atoms with Crippen molar-refractivity contribution in [2.45, 2.75) is 13.8 Å². The number of rotatable bonds is 9. The highest BCUT2D eigenvalue weighted by Gasteiger charge is 2.17. The van der Waals surface area contributed by atoms with Gasteiger partial charge < -0.3 is 29.8 Å². The van der Waals surface area contributed by atoms with Gasteiger partial charge in [0.2, 0.25) is 0 Å². The molecule has 150 valence electrons. The minimum Gasteiger partial charge on any atom is -0.493 e. The fourth-order valence-corrected chi connectivity index (χ4v) is 2.71. The van der Waals surface area contributed by atoms with Crippen LogP contribution in [0.25, 0.3) is 11.6 Å². The van der Waals surface area contributed by atoms with E-state index < -0.39 is 5.97 Å². The van der Waals surface area contributed by atoms with E-state index in [1.54, 1.807) is 30.3 Å². The number of hydrogen-bond donors (Lipinski definition) is 2. The van der Waals surface area contributed by atoms with Crippen molar-refractivity contribution >= 4 is 23.3 Å². The van der Waals surface area contributed by atoms with Crippen molar-refractivity contribution in [3.05, 3.63) is 41.5 Å².